The summed E-state index contributed by atoms with van der Waals surface area (Å²) < 4.78 is 8.82. The van der Waals surface area contributed by atoms with Crippen molar-refractivity contribution in [2.75, 3.05) is 13.2 Å². The van der Waals surface area contributed by atoms with Gasteiger partial charge >= 0.3 is 0 Å². The zero-order valence-corrected chi connectivity index (χ0v) is 17.5. The van der Waals surface area contributed by atoms with Crippen LogP contribution in [0, 0.1) is 0 Å². The summed E-state index contributed by atoms with van der Waals surface area (Å²) in [5.74, 6) is 1.89. The quantitative estimate of drug-likeness (QED) is 0.509. The van der Waals surface area contributed by atoms with Crippen molar-refractivity contribution in [3.8, 4) is 11.4 Å². The van der Waals surface area contributed by atoms with Crippen LogP contribution < -0.4 is 0 Å². The second-order valence-corrected chi connectivity index (χ2v) is 7.69. The summed E-state index contributed by atoms with van der Waals surface area (Å²) in [7, 11) is 0. The fraction of sp³-hybridized carbons (Fsp3) is 0.300. The van der Waals surface area contributed by atoms with Gasteiger partial charge in [-0.1, -0.05) is 52.3 Å². The molecule has 3 aromatic rings. The molecule has 3 heterocycles. The first kappa shape index (κ1) is 17.9. The molecule has 1 saturated heterocycles. The minimum absolute atomic E-state index is 0. The lowest BCUT2D eigenvalue weighted by molar-refractivity contribution is 0.0573. The van der Waals surface area contributed by atoms with Crippen LogP contribution in [-0.4, -0.2) is 28.0 Å². The van der Waals surface area contributed by atoms with Gasteiger partial charge in [-0.25, -0.2) is 9.67 Å². The fourth-order valence-corrected chi connectivity index (χ4v) is 4.58. The Morgan fingerprint density at radius 3 is 2.65 bits per heavy atom. The number of fused-ring (bicyclic) bond motifs is 4. The summed E-state index contributed by atoms with van der Waals surface area (Å²) in [4.78, 5) is 5.01. The number of halogens is 2. The van der Waals surface area contributed by atoms with Crippen LogP contribution in [0.25, 0.3) is 11.4 Å². The maximum atomic E-state index is 5.67. The van der Waals surface area contributed by atoms with Gasteiger partial charge in [-0.15, -0.1) is 17.0 Å². The topological polar surface area (TPSA) is 39.9 Å². The van der Waals surface area contributed by atoms with Crippen LogP contribution >= 0.6 is 32.9 Å². The summed E-state index contributed by atoms with van der Waals surface area (Å²) in [6.07, 6.45) is 1.92. The van der Waals surface area contributed by atoms with Crippen LogP contribution in [0.1, 0.15) is 29.8 Å². The van der Waals surface area contributed by atoms with Gasteiger partial charge in [0, 0.05) is 23.2 Å². The highest BCUT2D eigenvalue weighted by Gasteiger charge is 2.44. The van der Waals surface area contributed by atoms with E-state index >= 15 is 0 Å². The molecule has 26 heavy (non-hydrogen) atoms. The van der Waals surface area contributed by atoms with Gasteiger partial charge in [0.25, 0.3) is 0 Å². The van der Waals surface area contributed by atoms with Gasteiger partial charge in [0.2, 0.25) is 0 Å². The minimum atomic E-state index is -0.0790. The average molecular weight is 477 g/mol. The highest BCUT2D eigenvalue weighted by atomic mass is 79.9. The Morgan fingerprint density at radius 2 is 1.85 bits per heavy atom. The van der Waals surface area contributed by atoms with Crippen molar-refractivity contribution >= 4 is 32.9 Å². The van der Waals surface area contributed by atoms with E-state index in [1.807, 2.05) is 12.1 Å². The van der Waals surface area contributed by atoms with E-state index in [1.54, 1.807) is 0 Å². The first-order valence-corrected chi connectivity index (χ1v) is 9.43. The first-order chi connectivity index (χ1) is 12.3. The zero-order valence-electron chi connectivity index (χ0n) is 14.2. The minimum Gasteiger partial charge on any atom is -0.381 e. The normalized spacial score (nSPS) is 17.3. The molecule has 0 amide bonds. The van der Waals surface area contributed by atoms with Gasteiger partial charge in [0.1, 0.15) is 5.82 Å². The third kappa shape index (κ3) is 2.75. The number of rotatable bonds is 1. The molecule has 1 fully saturated rings. The Labute approximate surface area is 171 Å². The lowest BCUT2D eigenvalue weighted by Gasteiger charge is -2.40. The van der Waals surface area contributed by atoms with Crippen LogP contribution in [0.2, 0.25) is 0 Å². The van der Waals surface area contributed by atoms with Crippen molar-refractivity contribution < 1.29 is 4.74 Å². The van der Waals surface area contributed by atoms with E-state index in [0.717, 1.165) is 54.3 Å². The van der Waals surface area contributed by atoms with Gasteiger partial charge < -0.3 is 4.74 Å². The van der Waals surface area contributed by atoms with Crippen LogP contribution in [0.15, 0.2) is 53.0 Å². The molecule has 134 valence electrons. The molecular formula is C20H19Br2N3O. The molecule has 1 spiro atoms. The monoisotopic (exact) mass is 475 g/mol. The first-order valence-electron chi connectivity index (χ1n) is 8.64. The van der Waals surface area contributed by atoms with Gasteiger partial charge in [0.15, 0.2) is 5.82 Å². The second kappa shape index (κ2) is 6.91. The van der Waals surface area contributed by atoms with E-state index in [2.05, 4.69) is 57.0 Å². The molecule has 0 atom stereocenters. The highest BCUT2D eigenvalue weighted by molar-refractivity contribution is 9.10. The molecule has 0 saturated carbocycles. The van der Waals surface area contributed by atoms with Crippen molar-refractivity contribution in [2.24, 2.45) is 0 Å². The third-order valence-electron chi connectivity index (χ3n) is 5.38. The molecular weight excluding hydrogens is 458 g/mol. The number of hydrogen-bond acceptors (Lipinski definition) is 3. The standard InChI is InChI=1S/C20H18BrN3O.BrH/c21-16-6-3-5-14(12-16)18-22-19-20(8-10-25-11-9-20)17-7-2-1-4-15(17)13-24(19)23-18;/h1-7,12H,8-11,13H2;1H. The summed E-state index contributed by atoms with van der Waals surface area (Å²) in [6, 6.07) is 16.9. The number of nitrogens with zero attached hydrogens (tertiary/aromatic N) is 3. The molecule has 1 aromatic heterocycles. The fourth-order valence-electron chi connectivity index (χ4n) is 4.18. The van der Waals surface area contributed by atoms with Crippen molar-refractivity contribution in [1.29, 1.82) is 0 Å². The van der Waals surface area contributed by atoms with Gasteiger partial charge in [-0.05, 0) is 36.1 Å². The van der Waals surface area contributed by atoms with Crippen LogP contribution in [-0.2, 0) is 16.7 Å². The van der Waals surface area contributed by atoms with Crippen molar-refractivity contribution in [1.82, 2.24) is 14.8 Å². The van der Waals surface area contributed by atoms with E-state index in [1.165, 1.54) is 11.1 Å². The summed E-state index contributed by atoms with van der Waals surface area (Å²) in [5.41, 5.74) is 3.72. The van der Waals surface area contributed by atoms with Crippen molar-refractivity contribution in [3.05, 3.63) is 70.0 Å². The Kier molecular flexibility index (Phi) is 4.75. The summed E-state index contributed by atoms with van der Waals surface area (Å²) in [5, 5.41) is 4.85. The predicted octanol–water partition coefficient (Wildman–Crippen LogP) is 4.74. The third-order valence-corrected chi connectivity index (χ3v) is 5.88. The largest absolute Gasteiger partial charge is 0.381 e. The molecule has 0 unspecified atom stereocenters. The van der Waals surface area contributed by atoms with Crippen molar-refractivity contribution in [2.45, 2.75) is 24.8 Å². The Balaban J connectivity index is 0.00000168. The SMILES string of the molecule is Br.Brc1cccc(-c2nc3n(n2)Cc2ccccc2C32CCOCC2)c1. The van der Waals surface area contributed by atoms with Crippen LogP contribution in [0.5, 0.6) is 0 Å². The van der Waals surface area contributed by atoms with E-state index in [0.29, 0.717) is 0 Å². The molecule has 2 aliphatic heterocycles. The Morgan fingerprint density at radius 1 is 1.04 bits per heavy atom. The predicted molar refractivity (Wildman–Crippen MR) is 110 cm³/mol. The Hall–Kier alpha value is -1.50. The maximum Gasteiger partial charge on any atom is 0.181 e. The number of benzene rings is 2. The molecule has 2 aliphatic rings. The maximum absolute atomic E-state index is 5.67. The van der Waals surface area contributed by atoms with Crippen LogP contribution in [0.4, 0.5) is 0 Å². The number of aromatic nitrogens is 3. The summed E-state index contributed by atoms with van der Waals surface area (Å²) >= 11 is 3.55. The lowest BCUT2D eigenvalue weighted by Crippen LogP contribution is -2.41. The molecule has 0 radical (unpaired) electrons. The van der Waals surface area contributed by atoms with Gasteiger partial charge in [0.05, 0.1) is 12.0 Å². The highest BCUT2D eigenvalue weighted by Crippen LogP contribution is 2.45. The van der Waals surface area contributed by atoms with E-state index in [-0.39, 0.29) is 22.4 Å². The second-order valence-electron chi connectivity index (χ2n) is 6.78. The molecule has 5 rings (SSSR count). The van der Waals surface area contributed by atoms with E-state index < -0.39 is 0 Å². The molecule has 0 N–H and O–H groups in total. The Bertz CT molecular complexity index is 948. The van der Waals surface area contributed by atoms with E-state index in [9.17, 15) is 0 Å². The van der Waals surface area contributed by atoms with E-state index in [4.69, 9.17) is 14.8 Å². The molecule has 6 heteroatoms. The zero-order chi connectivity index (χ0) is 16.9. The molecule has 0 aliphatic carbocycles. The van der Waals surface area contributed by atoms with Crippen LogP contribution in [0.3, 0.4) is 0 Å². The lowest BCUT2D eigenvalue weighted by atomic mass is 9.70. The van der Waals surface area contributed by atoms with Gasteiger partial charge in [-0.2, -0.15) is 5.10 Å². The average Bonchev–Trinajstić information content (AvgIpc) is 3.08. The summed E-state index contributed by atoms with van der Waals surface area (Å²) in [6.45, 7) is 2.33. The molecule has 0 bridgehead atoms. The molecule has 4 nitrogen and oxygen atoms in total. The smallest absolute Gasteiger partial charge is 0.181 e. The van der Waals surface area contributed by atoms with Crippen molar-refractivity contribution in [3.63, 3.8) is 0 Å². The number of hydrogen-bond donors (Lipinski definition) is 0. The van der Waals surface area contributed by atoms with Gasteiger partial charge in [-0.3, -0.25) is 0 Å². The molecule has 2 aromatic carbocycles. The number of ether oxygens (including phenoxy) is 1.